The number of rotatable bonds is 2. The summed E-state index contributed by atoms with van der Waals surface area (Å²) in [6, 6.07) is 9.77. The number of pyridine rings is 1. The van der Waals surface area contributed by atoms with Gasteiger partial charge < -0.3 is 10.1 Å². The van der Waals surface area contributed by atoms with Crippen molar-refractivity contribution >= 4 is 28.2 Å². The van der Waals surface area contributed by atoms with Gasteiger partial charge in [0, 0.05) is 31.2 Å². The summed E-state index contributed by atoms with van der Waals surface area (Å²) in [4.78, 5) is 15.8. The summed E-state index contributed by atoms with van der Waals surface area (Å²) in [5, 5.41) is 18.5. The SMILES string of the molecule is CN1CCN(/N=C2\CC(c3ccc(C(F)(F)F)cc3)Cc3c2c(=O)c2cc(Cl)ccc2n3O)CC1. The monoisotopic (exact) mass is 504 g/mol. The molecule has 5 rings (SSSR count). The molecule has 0 amide bonds. The first kappa shape index (κ1) is 23.7. The molecule has 0 bridgehead atoms. The average Bonchev–Trinajstić information content (AvgIpc) is 2.83. The number of benzene rings is 2. The van der Waals surface area contributed by atoms with Crippen LogP contribution in [0.2, 0.25) is 5.02 Å². The van der Waals surface area contributed by atoms with Crippen molar-refractivity contribution in [2.75, 3.05) is 33.2 Å². The van der Waals surface area contributed by atoms with E-state index in [1.165, 1.54) is 18.2 Å². The van der Waals surface area contributed by atoms with Crippen molar-refractivity contribution in [2.45, 2.75) is 24.9 Å². The lowest BCUT2D eigenvalue weighted by Gasteiger charge is -2.33. The molecule has 2 heterocycles. The summed E-state index contributed by atoms with van der Waals surface area (Å²) in [6.07, 6.45) is -3.77. The van der Waals surface area contributed by atoms with E-state index in [4.69, 9.17) is 16.7 Å². The highest BCUT2D eigenvalue weighted by Gasteiger charge is 2.34. The molecule has 0 spiro atoms. The Morgan fingerprint density at radius 3 is 2.37 bits per heavy atom. The Kier molecular flexibility index (Phi) is 6.01. The van der Waals surface area contributed by atoms with Crippen molar-refractivity contribution in [3.63, 3.8) is 0 Å². The van der Waals surface area contributed by atoms with E-state index in [0.29, 0.717) is 52.6 Å². The van der Waals surface area contributed by atoms with Gasteiger partial charge in [-0.2, -0.15) is 23.0 Å². The van der Waals surface area contributed by atoms with E-state index >= 15 is 0 Å². The van der Waals surface area contributed by atoms with Gasteiger partial charge in [-0.3, -0.25) is 9.80 Å². The maximum atomic E-state index is 13.6. The van der Waals surface area contributed by atoms with E-state index in [2.05, 4.69) is 4.90 Å². The molecule has 1 N–H and O–H groups in total. The van der Waals surface area contributed by atoms with Gasteiger partial charge in [-0.05, 0) is 61.7 Å². The molecule has 3 aromatic rings. The van der Waals surface area contributed by atoms with E-state index in [9.17, 15) is 23.2 Å². The minimum atomic E-state index is -4.42. The average molecular weight is 505 g/mol. The van der Waals surface area contributed by atoms with Gasteiger partial charge in [-0.1, -0.05) is 23.7 Å². The summed E-state index contributed by atoms with van der Waals surface area (Å²) in [5.74, 6) is -0.251. The van der Waals surface area contributed by atoms with Crippen LogP contribution in [0.1, 0.15) is 34.7 Å². The molecule has 1 saturated heterocycles. The molecule has 1 aromatic heterocycles. The number of hydrazone groups is 1. The number of aromatic nitrogens is 1. The van der Waals surface area contributed by atoms with Gasteiger partial charge in [0.15, 0.2) is 5.43 Å². The van der Waals surface area contributed by atoms with E-state index in [1.807, 2.05) is 12.1 Å². The molecule has 1 aliphatic heterocycles. The first-order chi connectivity index (χ1) is 16.6. The third-order valence-corrected chi connectivity index (χ3v) is 7.06. The fraction of sp³-hybridized carbons (Fsp3) is 0.360. The standard InChI is InChI=1S/C25H24ClF3N4O2/c1-31-8-10-32(11-9-31)30-20-12-16(15-2-4-17(5-3-15)25(27,28)29)13-22-23(20)24(34)19-14-18(26)6-7-21(19)33(22)35/h2-7,14,16,35H,8-13H2,1H3/b30-20+. The maximum Gasteiger partial charge on any atom is 0.416 e. The molecular formula is C25H24ClF3N4O2. The highest BCUT2D eigenvalue weighted by molar-refractivity contribution is 6.31. The molecule has 6 nitrogen and oxygen atoms in total. The molecule has 2 aromatic carbocycles. The Hall–Kier alpha value is -3.04. The Bertz CT molecular complexity index is 1360. The second-order valence-corrected chi connectivity index (χ2v) is 9.59. The number of likely N-dealkylation sites (N-methyl/N-ethyl adjacent to an activating group) is 1. The van der Waals surface area contributed by atoms with Crippen molar-refractivity contribution in [3.05, 3.63) is 80.1 Å². The largest absolute Gasteiger partial charge is 0.428 e. The highest BCUT2D eigenvalue weighted by atomic mass is 35.5. The zero-order valence-corrected chi connectivity index (χ0v) is 19.8. The third-order valence-electron chi connectivity index (χ3n) is 6.82. The van der Waals surface area contributed by atoms with Gasteiger partial charge in [0.2, 0.25) is 0 Å². The predicted molar refractivity (Wildman–Crippen MR) is 129 cm³/mol. The van der Waals surface area contributed by atoms with Crippen molar-refractivity contribution in [1.82, 2.24) is 14.6 Å². The molecule has 35 heavy (non-hydrogen) atoms. The van der Waals surface area contributed by atoms with Crippen LogP contribution in [0.5, 0.6) is 0 Å². The van der Waals surface area contributed by atoms with Crippen LogP contribution in [0.25, 0.3) is 10.9 Å². The topological polar surface area (TPSA) is 61.1 Å². The Morgan fingerprint density at radius 1 is 1.03 bits per heavy atom. The first-order valence-corrected chi connectivity index (χ1v) is 11.7. The molecule has 1 aliphatic carbocycles. The number of fused-ring (bicyclic) bond motifs is 2. The Labute approximate surface area is 204 Å². The number of hydrogen-bond acceptors (Lipinski definition) is 5. The van der Waals surface area contributed by atoms with Crippen molar-refractivity contribution in [2.24, 2.45) is 5.10 Å². The number of alkyl halides is 3. The number of halogens is 4. The molecule has 1 fully saturated rings. The lowest BCUT2D eigenvalue weighted by atomic mass is 9.80. The minimum absolute atomic E-state index is 0.251. The molecule has 0 radical (unpaired) electrons. The van der Waals surface area contributed by atoms with Gasteiger partial charge >= 0.3 is 6.18 Å². The van der Waals surface area contributed by atoms with Crippen LogP contribution < -0.4 is 5.43 Å². The lowest BCUT2D eigenvalue weighted by Crippen LogP contribution is -2.43. The fourth-order valence-electron chi connectivity index (χ4n) is 4.86. The molecular weight excluding hydrogens is 481 g/mol. The highest BCUT2D eigenvalue weighted by Crippen LogP contribution is 2.36. The van der Waals surface area contributed by atoms with E-state index in [1.54, 1.807) is 12.1 Å². The van der Waals surface area contributed by atoms with Crippen LogP contribution in [0.4, 0.5) is 13.2 Å². The zero-order valence-electron chi connectivity index (χ0n) is 19.0. The lowest BCUT2D eigenvalue weighted by molar-refractivity contribution is -0.137. The van der Waals surface area contributed by atoms with E-state index < -0.39 is 11.7 Å². The van der Waals surface area contributed by atoms with Crippen LogP contribution in [0.3, 0.4) is 0 Å². The van der Waals surface area contributed by atoms with Crippen molar-refractivity contribution in [1.29, 1.82) is 0 Å². The second-order valence-electron chi connectivity index (χ2n) is 9.15. The van der Waals surface area contributed by atoms with Crippen LogP contribution in [0.15, 0.2) is 52.4 Å². The van der Waals surface area contributed by atoms with E-state index in [-0.39, 0.29) is 23.2 Å². The van der Waals surface area contributed by atoms with Crippen molar-refractivity contribution < 1.29 is 18.4 Å². The smallest absolute Gasteiger partial charge is 0.416 e. The number of hydrogen-bond donors (Lipinski definition) is 1. The van der Waals surface area contributed by atoms with Gasteiger partial charge in [0.25, 0.3) is 0 Å². The molecule has 1 unspecified atom stereocenters. The normalized spacial score (nSPS) is 20.4. The minimum Gasteiger partial charge on any atom is -0.428 e. The fourth-order valence-corrected chi connectivity index (χ4v) is 5.03. The summed E-state index contributed by atoms with van der Waals surface area (Å²) < 4.78 is 40.2. The molecule has 0 saturated carbocycles. The first-order valence-electron chi connectivity index (χ1n) is 11.4. The molecule has 184 valence electrons. The second kappa shape index (κ2) is 8.87. The van der Waals surface area contributed by atoms with Crippen molar-refractivity contribution in [3.8, 4) is 0 Å². The number of piperazine rings is 1. The zero-order chi connectivity index (χ0) is 24.9. The van der Waals surface area contributed by atoms with Gasteiger partial charge in [-0.25, -0.2) is 0 Å². The Balaban J connectivity index is 1.63. The van der Waals surface area contributed by atoms with Crippen LogP contribution in [-0.4, -0.2) is 58.8 Å². The predicted octanol–water partition coefficient (Wildman–Crippen LogP) is 4.59. The Morgan fingerprint density at radius 2 is 1.71 bits per heavy atom. The summed E-state index contributed by atoms with van der Waals surface area (Å²) in [5.41, 5.74) is 1.30. The maximum absolute atomic E-state index is 13.6. The third kappa shape index (κ3) is 4.50. The molecule has 2 aliphatic rings. The number of nitrogens with zero attached hydrogens (tertiary/aromatic N) is 4. The molecule has 10 heteroatoms. The van der Waals surface area contributed by atoms with Gasteiger partial charge in [0.05, 0.1) is 33.4 Å². The van der Waals surface area contributed by atoms with Crippen LogP contribution in [-0.2, 0) is 12.6 Å². The van der Waals surface area contributed by atoms with Crippen LogP contribution >= 0.6 is 11.6 Å². The molecule has 1 atom stereocenters. The summed E-state index contributed by atoms with van der Waals surface area (Å²) >= 11 is 6.13. The summed E-state index contributed by atoms with van der Waals surface area (Å²) in [6.45, 7) is 3.02. The quantitative estimate of drug-likeness (QED) is 0.518. The van der Waals surface area contributed by atoms with Gasteiger partial charge in [-0.15, -0.1) is 0 Å². The van der Waals surface area contributed by atoms with Gasteiger partial charge in [0.1, 0.15) is 0 Å². The van der Waals surface area contributed by atoms with E-state index in [0.717, 1.165) is 30.0 Å². The van der Waals surface area contributed by atoms with Crippen LogP contribution in [0, 0.1) is 0 Å². The summed E-state index contributed by atoms with van der Waals surface area (Å²) in [7, 11) is 2.03.